The van der Waals surface area contributed by atoms with Crippen molar-refractivity contribution in [2.75, 3.05) is 5.32 Å². The zero-order valence-electron chi connectivity index (χ0n) is 12.7. The van der Waals surface area contributed by atoms with Crippen LogP contribution in [-0.4, -0.2) is 9.55 Å². The van der Waals surface area contributed by atoms with E-state index in [0.29, 0.717) is 18.1 Å². The number of aromatic nitrogens is 2. The summed E-state index contributed by atoms with van der Waals surface area (Å²) in [6.07, 6.45) is 3.17. The first kappa shape index (κ1) is 16.2. The van der Waals surface area contributed by atoms with Crippen LogP contribution in [-0.2, 0) is 13.1 Å². The molecule has 1 aromatic heterocycles. The third-order valence-corrected chi connectivity index (χ3v) is 3.81. The van der Waals surface area contributed by atoms with Gasteiger partial charge >= 0.3 is 0 Å². The summed E-state index contributed by atoms with van der Waals surface area (Å²) in [4.78, 5) is 16.6. The lowest BCUT2D eigenvalue weighted by atomic mass is 10.2. The van der Waals surface area contributed by atoms with Gasteiger partial charge in [0.1, 0.15) is 5.82 Å². The molecule has 0 saturated heterocycles. The molecule has 3 aromatic rings. The molecule has 0 aliphatic carbocycles. The van der Waals surface area contributed by atoms with Crippen molar-refractivity contribution in [3.63, 3.8) is 0 Å². The van der Waals surface area contributed by atoms with Crippen molar-refractivity contribution >= 4 is 17.4 Å². The van der Waals surface area contributed by atoms with E-state index in [1.165, 1.54) is 16.7 Å². The Hall–Kier alpha value is -2.66. The largest absolute Gasteiger partial charge is 0.361 e. The third kappa shape index (κ3) is 4.00. The molecule has 6 heteroatoms. The quantitative estimate of drug-likeness (QED) is 0.768. The van der Waals surface area contributed by atoms with Crippen molar-refractivity contribution in [1.82, 2.24) is 9.55 Å². The highest BCUT2D eigenvalue weighted by molar-refractivity contribution is 6.30. The Kier molecular flexibility index (Phi) is 4.91. The Labute approximate surface area is 143 Å². The molecule has 0 unspecified atom stereocenters. The molecule has 2 aromatic carbocycles. The molecule has 122 valence electrons. The van der Waals surface area contributed by atoms with E-state index < -0.39 is 0 Å². The Morgan fingerprint density at radius 3 is 2.42 bits per heavy atom. The van der Waals surface area contributed by atoms with Crippen LogP contribution in [0.1, 0.15) is 11.1 Å². The van der Waals surface area contributed by atoms with E-state index in [1.54, 1.807) is 36.7 Å². The van der Waals surface area contributed by atoms with E-state index in [9.17, 15) is 9.18 Å². The first-order chi connectivity index (χ1) is 11.6. The molecule has 0 amide bonds. The zero-order valence-corrected chi connectivity index (χ0v) is 13.5. The van der Waals surface area contributed by atoms with Crippen LogP contribution in [0.3, 0.4) is 0 Å². The zero-order chi connectivity index (χ0) is 16.9. The molecule has 1 heterocycles. The molecule has 0 fully saturated rings. The summed E-state index contributed by atoms with van der Waals surface area (Å²) in [6.45, 7) is 0.831. The molecular weight excluding hydrogens is 329 g/mol. The maximum atomic E-state index is 13.0. The molecule has 3 rings (SSSR count). The molecule has 0 aliphatic rings. The van der Waals surface area contributed by atoms with Crippen LogP contribution in [0.15, 0.2) is 65.7 Å². The number of benzene rings is 2. The fourth-order valence-corrected chi connectivity index (χ4v) is 2.39. The monoisotopic (exact) mass is 343 g/mol. The van der Waals surface area contributed by atoms with Crippen molar-refractivity contribution in [2.24, 2.45) is 0 Å². The molecule has 0 atom stereocenters. The summed E-state index contributed by atoms with van der Waals surface area (Å²) in [6, 6.07) is 13.4. The van der Waals surface area contributed by atoms with Crippen LogP contribution in [0.4, 0.5) is 10.2 Å². The van der Waals surface area contributed by atoms with Gasteiger partial charge in [-0.2, -0.15) is 0 Å². The minimum absolute atomic E-state index is 0.226. The summed E-state index contributed by atoms with van der Waals surface area (Å²) >= 11 is 5.85. The van der Waals surface area contributed by atoms with Gasteiger partial charge in [-0.1, -0.05) is 35.9 Å². The molecule has 24 heavy (non-hydrogen) atoms. The van der Waals surface area contributed by atoms with Gasteiger partial charge in [0.25, 0.3) is 5.56 Å². The predicted octanol–water partition coefficient (Wildman–Crippen LogP) is 3.70. The summed E-state index contributed by atoms with van der Waals surface area (Å²) in [7, 11) is 0. The van der Waals surface area contributed by atoms with Crippen molar-refractivity contribution in [3.05, 3.63) is 93.2 Å². The number of halogens is 2. The van der Waals surface area contributed by atoms with Crippen molar-refractivity contribution in [2.45, 2.75) is 13.1 Å². The molecule has 0 radical (unpaired) electrons. The number of rotatable bonds is 5. The standard InChI is InChI=1S/C18H15ClFN3O/c19-15-5-1-13(2-6-15)11-22-17-18(24)23(10-9-21-17)12-14-3-7-16(20)8-4-14/h1-10H,11-12H2,(H,21,22). The van der Waals surface area contributed by atoms with Gasteiger partial charge in [0, 0.05) is 24.0 Å². The minimum Gasteiger partial charge on any atom is -0.361 e. The van der Waals surface area contributed by atoms with Crippen LogP contribution >= 0.6 is 11.6 Å². The highest BCUT2D eigenvalue weighted by Gasteiger charge is 2.05. The van der Waals surface area contributed by atoms with Crippen LogP contribution in [0.2, 0.25) is 5.02 Å². The number of nitrogens with zero attached hydrogens (tertiary/aromatic N) is 2. The van der Waals surface area contributed by atoms with E-state index in [-0.39, 0.29) is 17.2 Å². The van der Waals surface area contributed by atoms with Gasteiger partial charge in [0.15, 0.2) is 5.82 Å². The Morgan fingerprint density at radius 1 is 1.04 bits per heavy atom. The highest BCUT2D eigenvalue weighted by atomic mass is 35.5. The van der Waals surface area contributed by atoms with Gasteiger partial charge in [-0.05, 0) is 35.4 Å². The van der Waals surface area contributed by atoms with E-state index >= 15 is 0 Å². The van der Waals surface area contributed by atoms with Gasteiger partial charge < -0.3 is 9.88 Å². The molecule has 1 N–H and O–H groups in total. The average Bonchev–Trinajstić information content (AvgIpc) is 2.59. The lowest BCUT2D eigenvalue weighted by Crippen LogP contribution is -2.24. The van der Waals surface area contributed by atoms with E-state index in [0.717, 1.165) is 11.1 Å². The molecular formula is C18H15ClFN3O. The van der Waals surface area contributed by atoms with E-state index in [1.807, 2.05) is 12.1 Å². The van der Waals surface area contributed by atoms with Crippen molar-refractivity contribution in [1.29, 1.82) is 0 Å². The van der Waals surface area contributed by atoms with Crippen molar-refractivity contribution < 1.29 is 4.39 Å². The summed E-state index contributed by atoms with van der Waals surface area (Å²) < 4.78 is 14.5. The second-order valence-electron chi connectivity index (χ2n) is 5.32. The third-order valence-electron chi connectivity index (χ3n) is 3.55. The number of nitrogens with one attached hydrogen (secondary N) is 1. The summed E-state index contributed by atoms with van der Waals surface area (Å²) in [5.74, 6) is -0.0271. The molecule has 0 saturated carbocycles. The Bertz CT molecular complexity index is 876. The molecule has 4 nitrogen and oxygen atoms in total. The molecule has 0 bridgehead atoms. The molecule has 0 spiro atoms. The van der Waals surface area contributed by atoms with Crippen molar-refractivity contribution in [3.8, 4) is 0 Å². The second-order valence-corrected chi connectivity index (χ2v) is 5.75. The Balaban J connectivity index is 1.74. The number of hydrogen-bond donors (Lipinski definition) is 1. The normalized spacial score (nSPS) is 10.6. The van der Waals surface area contributed by atoms with Gasteiger partial charge in [0.2, 0.25) is 0 Å². The lowest BCUT2D eigenvalue weighted by molar-refractivity contribution is 0.626. The summed E-state index contributed by atoms with van der Waals surface area (Å²) in [5, 5.41) is 3.70. The fourth-order valence-electron chi connectivity index (χ4n) is 2.27. The van der Waals surface area contributed by atoms with Gasteiger partial charge in [-0.15, -0.1) is 0 Å². The van der Waals surface area contributed by atoms with Gasteiger partial charge in [-0.3, -0.25) is 4.79 Å². The lowest BCUT2D eigenvalue weighted by Gasteiger charge is -2.09. The smallest absolute Gasteiger partial charge is 0.293 e. The second kappa shape index (κ2) is 7.27. The van der Waals surface area contributed by atoms with Gasteiger partial charge in [0.05, 0.1) is 6.54 Å². The maximum Gasteiger partial charge on any atom is 0.293 e. The fraction of sp³-hybridized carbons (Fsp3) is 0.111. The van der Waals surface area contributed by atoms with Crippen LogP contribution in [0.25, 0.3) is 0 Å². The predicted molar refractivity (Wildman–Crippen MR) is 92.8 cm³/mol. The first-order valence-electron chi connectivity index (χ1n) is 7.40. The van der Waals surface area contributed by atoms with E-state index in [4.69, 9.17) is 11.6 Å². The van der Waals surface area contributed by atoms with Crippen LogP contribution < -0.4 is 10.9 Å². The average molecular weight is 344 g/mol. The van der Waals surface area contributed by atoms with Gasteiger partial charge in [-0.25, -0.2) is 9.37 Å². The first-order valence-corrected chi connectivity index (χ1v) is 7.78. The van der Waals surface area contributed by atoms with Crippen LogP contribution in [0.5, 0.6) is 0 Å². The highest BCUT2D eigenvalue weighted by Crippen LogP contribution is 2.10. The molecule has 0 aliphatic heterocycles. The summed E-state index contributed by atoms with van der Waals surface area (Å²) in [5.41, 5.74) is 1.61. The Morgan fingerprint density at radius 2 is 1.71 bits per heavy atom. The maximum absolute atomic E-state index is 13.0. The van der Waals surface area contributed by atoms with Crippen LogP contribution in [0, 0.1) is 5.82 Å². The topological polar surface area (TPSA) is 46.9 Å². The minimum atomic E-state index is -0.300. The SMILES string of the molecule is O=c1c(NCc2ccc(Cl)cc2)nccn1Cc1ccc(F)cc1. The number of hydrogen-bond acceptors (Lipinski definition) is 3. The van der Waals surface area contributed by atoms with E-state index in [2.05, 4.69) is 10.3 Å². The number of anilines is 1.